The van der Waals surface area contributed by atoms with Gasteiger partial charge in [0.05, 0.1) is 0 Å². The van der Waals surface area contributed by atoms with Gasteiger partial charge in [-0.3, -0.25) is 9.59 Å². The van der Waals surface area contributed by atoms with E-state index in [1.165, 1.54) is 0 Å². The van der Waals surface area contributed by atoms with Crippen LogP contribution in [0.4, 0.5) is 0 Å². The van der Waals surface area contributed by atoms with Crippen LogP contribution in [-0.4, -0.2) is 48.9 Å². The number of carbonyl (C=O) groups is 2. The van der Waals surface area contributed by atoms with Gasteiger partial charge in [-0.1, -0.05) is 43.7 Å². The number of fused-ring (bicyclic) bond motifs is 4. The molecule has 3 aromatic rings. The lowest BCUT2D eigenvalue weighted by atomic mass is 9.84. The Morgan fingerprint density at radius 1 is 1.06 bits per heavy atom. The third kappa shape index (κ3) is 4.53. The summed E-state index contributed by atoms with van der Waals surface area (Å²) in [5.41, 5.74) is 3.05. The lowest BCUT2D eigenvalue weighted by Crippen LogP contribution is -2.57. The molecule has 0 unspecified atom stereocenters. The Labute approximate surface area is 194 Å². The van der Waals surface area contributed by atoms with E-state index in [0.717, 1.165) is 61.8 Å². The summed E-state index contributed by atoms with van der Waals surface area (Å²) in [5, 5.41) is 7.05. The first-order valence-electron chi connectivity index (χ1n) is 12.1. The van der Waals surface area contributed by atoms with Crippen LogP contribution in [0.15, 0.2) is 52.9 Å². The highest BCUT2D eigenvalue weighted by molar-refractivity contribution is 6.01. The summed E-state index contributed by atoms with van der Waals surface area (Å²) < 4.78 is 6.09. The Bertz CT molecular complexity index is 1160. The third-order valence-corrected chi connectivity index (χ3v) is 6.99. The molecule has 2 N–H and O–H groups in total. The van der Waals surface area contributed by atoms with Crippen molar-refractivity contribution in [3.63, 3.8) is 0 Å². The lowest BCUT2D eigenvalue weighted by Gasteiger charge is -2.44. The van der Waals surface area contributed by atoms with Crippen molar-refractivity contribution in [1.29, 1.82) is 0 Å². The summed E-state index contributed by atoms with van der Waals surface area (Å²) >= 11 is 0. The van der Waals surface area contributed by atoms with Crippen LogP contribution in [0, 0.1) is 5.92 Å². The Morgan fingerprint density at radius 3 is 2.64 bits per heavy atom. The summed E-state index contributed by atoms with van der Waals surface area (Å²) in [4.78, 5) is 27.9. The number of hydrogen-bond donors (Lipinski definition) is 2. The van der Waals surface area contributed by atoms with Gasteiger partial charge in [0.15, 0.2) is 5.76 Å². The van der Waals surface area contributed by atoms with Crippen LogP contribution in [0.1, 0.15) is 53.5 Å². The highest BCUT2D eigenvalue weighted by Gasteiger charge is 2.35. The second kappa shape index (κ2) is 9.40. The highest BCUT2D eigenvalue weighted by Crippen LogP contribution is 2.32. The zero-order valence-electron chi connectivity index (χ0n) is 19.1. The van der Waals surface area contributed by atoms with Gasteiger partial charge in [0, 0.05) is 35.6 Å². The van der Waals surface area contributed by atoms with E-state index >= 15 is 0 Å². The van der Waals surface area contributed by atoms with Gasteiger partial charge >= 0.3 is 0 Å². The van der Waals surface area contributed by atoms with E-state index in [1.54, 1.807) is 0 Å². The van der Waals surface area contributed by atoms with E-state index in [-0.39, 0.29) is 17.9 Å². The van der Waals surface area contributed by atoms with Crippen molar-refractivity contribution in [2.45, 2.75) is 38.6 Å². The predicted octanol–water partition coefficient (Wildman–Crippen LogP) is 4.45. The molecule has 1 atom stereocenters. The summed E-state index contributed by atoms with van der Waals surface area (Å²) in [6.07, 6.45) is 4.30. The normalized spacial score (nSPS) is 21.8. The largest absolute Gasteiger partial charge is 0.450 e. The Kier molecular flexibility index (Phi) is 6.18. The molecule has 172 valence electrons. The SMILES string of the molecule is CCCCNC(=O)c1cccc(-c2cccc3cc(C(=O)N[C@H]4CN5CCC4CC5)oc23)c1. The average Bonchev–Trinajstić information content (AvgIpc) is 3.30. The molecule has 3 aliphatic heterocycles. The van der Waals surface area contributed by atoms with Crippen LogP contribution in [-0.2, 0) is 0 Å². The minimum Gasteiger partial charge on any atom is -0.450 e. The molecule has 6 nitrogen and oxygen atoms in total. The van der Waals surface area contributed by atoms with E-state index in [0.29, 0.717) is 29.4 Å². The fourth-order valence-electron chi connectivity index (χ4n) is 5.08. The zero-order valence-corrected chi connectivity index (χ0v) is 19.1. The van der Waals surface area contributed by atoms with Crippen LogP contribution in [0.3, 0.4) is 0 Å². The van der Waals surface area contributed by atoms with Crippen molar-refractivity contribution in [3.05, 3.63) is 59.9 Å². The Balaban J connectivity index is 1.37. The summed E-state index contributed by atoms with van der Waals surface area (Å²) in [6.45, 7) is 5.98. The number of unbranched alkanes of at least 4 members (excludes halogenated alkanes) is 1. The van der Waals surface area contributed by atoms with Gasteiger partial charge in [-0.2, -0.15) is 0 Å². The standard InChI is InChI=1S/C27H31N3O3/c1-2-3-12-28-26(31)21-8-4-6-19(15-21)22-9-5-7-20-16-24(33-25(20)22)27(32)29-23-17-30-13-10-18(23)11-14-30/h4-9,15-16,18,23H,2-3,10-14,17H2,1H3,(H,28,31)(H,29,32)/t23-/m0/s1. The molecule has 3 saturated heterocycles. The number of carbonyl (C=O) groups excluding carboxylic acids is 2. The molecule has 0 saturated carbocycles. The molecule has 2 aromatic carbocycles. The van der Waals surface area contributed by atoms with E-state index in [2.05, 4.69) is 22.5 Å². The topological polar surface area (TPSA) is 74.6 Å². The van der Waals surface area contributed by atoms with Crippen molar-refractivity contribution in [2.24, 2.45) is 5.92 Å². The maximum Gasteiger partial charge on any atom is 0.287 e. The summed E-state index contributed by atoms with van der Waals surface area (Å²) in [7, 11) is 0. The fraction of sp³-hybridized carbons (Fsp3) is 0.407. The summed E-state index contributed by atoms with van der Waals surface area (Å²) in [5.74, 6) is 0.668. The number of furan rings is 1. The molecule has 2 amide bonds. The molecule has 6 heteroatoms. The molecular formula is C27H31N3O3. The second-order valence-corrected chi connectivity index (χ2v) is 9.24. The van der Waals surface area contributed by atoms with Gasteiger partial charge in [0.2, 0.25) is 0 Å². The van der Waals surface area contributed by atoms with Gasteiger partial charge in [0.25, 0.3) is 11.8 Å². The number of rotatable bonds is 7. The molecule has 33 heavy (non-hydrogen) atoms. The van der Waals surface area contributed by atoms with Gasteiger partial charge in [-0.05, 0) is 62.0 Å². The van der Waals surface area contributed by atoms with Crippen molar-refractivity contribution >= 4 is 22.8 Å². The first-order chi connectivity index (χ1) is 16.1. The van der Waals surface area contributed by atoms with Crippen LogP contribution >= 0.6 is 0 Å². The fourth-order valence-corrected chi connectivity index (χ4v) is 5.08. The Hall–Kier alpha value is -3.12. The minimum absolute atomic E-state index is 0.0745. The molecule has 6 rings (SSSR count). The molecule has 2 bridgehead atoms. The predicted molar refractivity (Wildman–Crippen MR) is 129 cm³/mol. The van der Waals surface area contributed by atoms with Gasteiger partial charge in [0.1, 0.15) is 5.58 Å². The van der Waals surface area contributed by atoms with Crippen molar-refractivity contribution in [3.8, 4) is 11.1 Å². The van der Waals surface area contributed by atoms with Crippen molar-refractivity contribution < 1.29 is 14.0 Å². The molecule has 1 aromatic heterocycles. The van der Waals surface area contributed by atoms with Crippen molar-refractivity contribution in [1.82, 2.24) is 15.5 Å². The lowest BCUT2D eigenvalue weighted by molar-refractivity contribution is 0.0607. The van der Waals surface area contributed by atoms with E-state index < -0.39 is 0 Å². The number of hydrogen-bond acceptors (Lipinski definition) is 4. The first-order valence-corrected chi connectivity index (χ1v) is 12.1. The monoisotopic (exact) mass is 445 g/mol. The quantitative estimate of drug-likeness (QED) is 0.527. The molecule has 0 spiro atoms. The van der Waals surface area contributed by atoms with E-state index in [9.17, 15) is 9.59 Å². The van der Waals surface area contributed by atoms with Crippen LogP contribution in [0.5, 0.6) is 0 Å². The van der Waals surface area contributed by atoms with E-state index in [4.69, 9.17) is 4.42 Å². The van der Waals surface area contributed by atoms with Crippen LogP contribution in [0.2, 0.25) is 0 Å². The molecule has 3 aliphatic rings. The van der Waals surface area contributed by atoms with Gasteiger partial charge < -0.3 is 20.0 Å². The average molecular weight is 446 g/mol. The number of nitrogens with zero attached hydrogens (tertiary/aromatic N) is 1. The third-order valence-electron chi connectivity index (χ3n) is 6.99. The van der Waals surface area contributed by atoms with Gasteiger partial charge in [-0.25, -0.2) is 0 Å². The van der Waals surface area contributed by atoms with Gasteiger partial charge in [-0.15, -0.1) is 0 Å². The van der Waals surface area contributed by atoms with Crippen LogP contribution in [0.25, 0.3) is 22.1 Å². The number of nitrogens with one attached hydrogen (secondary N) is 2. The highest BCUT2D eigenvalue weighted by atomic mass is 16.3. The first kappa shape index (κ1) is 21.7. The number of piperidine rings is 3. The molecular weight excluding hydrogens is 414 g/mol. The molecule has 0 aliphatic carbocycles. The number of benzene rings is 2. The maximum atomic E-state index is 13.0. The number of para-hydroxylation sites is 1. The van der Waals surface area contributed by atoms with E-state index in [1.807, 2.05) is 48.5 Å². The minimum atomic E-state index is -0.153. The zero-order chi connectivity index (χ0) is 22.8. The number of amides is 2. The molecule has 4 heterocycles. The smallest absolute Gasteiger partial charge is 0.287 e. The van der Waals surface area contributed by atoms with Crippen LogP contribution < -0.4 is 10.6 Å². The molecule has 3 fully saturated rings. The second-order valence-electron chi connectivity index (χ2n) is 9.24. The van der Waals surface area contributed by atoms with Crippen molar-refractivity contribution in [2.75, 3.05) is 26.2 Å². The molecule has 0 radical (unpaired) electrons. The Morgan fingerprint density at radius 2 is 1.88 bits per heavy atom. The summed E-state index contributed by atoms with van der Waals surface area (Å²) in [6, 6.07) is 15.4. The maximum absolute atomic E-state index is 13.0.